The molecule has 0 N–H and O–H groups in total. The fraction of sp³-hybridized carbons (Fsp3) is 0.917. The zero-order valence-electron chi connectivity index (χ0n) is 18.4. The van der Waals surface area contributed by atoms with Crippen molar-refractivity contribution in [2.45, 2.75) is 90.4 Å². The van der Waals surface area contributed by atoms with Crippen LogP contribution in [0.4, 0.5) is 0 Å². The molecule has 2 heterocycles. The summed E-state index contributed by atoms with van der Waals surface area (Å²) in [6.45, 7) is 9.32. The van der Waals surface area contributed by atoms with Gasteiger partial charge in [-0.15, -0.1) is 5.10 Å². The highest BCUT2D eigenvalue weighted by molar-refractivity contribution is 5.18. The Morgan fingerprint density at radius 1 is 0.897 bits per heavy atom. The number of aromatic nitrogens is 3. The molecule has 5 fully saturated rings. The molecule has 6 rings (SSSR count). The summed E-state index contributed by atoms with van der Waals surface area (Å²) in [6, 6.07) is 0.548. The number of hydrogen-bond acceptors (Lipinski definition) is 4. The lowest BCUT2D eigenvalue weighted by molar-refractivity contribution is -0.267. The van der Waals surface area contributed by atoms with Gasteiger partial charge >= 0.3 is 0 Å². The molecule has 1 saturated heterocycles. The SMILES string of the molecule is C[C@]12CC[C@H](n3ccnn3)CC1CC[C@@H]1C2CC[C@]2(C)C3(CC[C@@]12C)OCCO3. The van der Waals surface area contributed by atoms with Crippen molar-refractivity contribution in [2.75, 3.05) is 13.2 Å². The van der Waals surface area contributed by atoms with Crippen molar-refractivity contribution in [3.8, 4) is 0 Å². The zero-order valence-corrected chi connectivity index (χ0v) is 18.4. The fourth-order valence-corrected chi connectivity index (χ4v) is 9.16. The maximum Gasteiger partial charge on any atom is 0.174 e. The molecule has 5 heteroatoms. The third-order valence-corrected chi connectivity index (χ3v) is 11.1. The van der Waals surface area contributed by atoms with Crippen LogP contribution in [0, 0.1) is 34.0 Å². The second-order valence-corrected chi connectivity index (χ2v) is 11.5. The third-order valence-electron chi connectivity index (χ3n) is 11.1. The van der Waals surface area contributed by atoms with E-state index in [9.17, 15) is 0 Å². The van der Waals surface area contributed by atoms with E-state index in [2.05, 4.69) is 42.0 Å². The summed E-state index contributed by atoms with van der Waals surface area (Å²) in [4.78, 5) is 0. The lowest BCUT2D eigenvalue weighted by Gasteiger charge is -2.65. The second-order valence-electron chi connectivity index (χ2n) is 11.5. The van der Waals surface area contributed by atoms with Crippen LogP contribution >= 0.6 is 0 Å². The molecule has 160 valence electrons. The molecule has 2 unspecified atom stereocenters. The molecule has 1 aliphatic heterocycles. The molecule has 4 aliphatic carbocycles. The number of rotatable bonds is 1. The summed E-state index contributed by atoms with van der Waals surface area (Å²) in [5, 5.41) is 8.39. The molecule has 0 aromatic carbocycles. The van der Waals surface area contributed by atoms with Gasteiger partial charge in [-0.2, -0.15) is 0 Å². The van der Waals surface area contributed by atoms with Crippen molar-refractivity contribution in [1.29, 1.82) is 0 Å². The first-order valence-electron chi connectivity index (χ1n) is 12.1. The first-order chi connectivity index (χ1) is 13.9. The van der Waals surface area contributed by atoms with E-state index in [4.69, 9.17) is 9.47 Å². The first-order valence-corrected chi connectivity index (χ1v) is 12.1. The van der Waals surface area contributed by atoms with Gasteiger partial charge in [0, 0.05) is 18.0 Å². The molecule has 7 atom stereocenters. The molecular weight excluding hydrogens is 362 g/mol. The molecule has 29 heavy (non-hydrogen) atoms. The van der Waals surface area contributed by atoms with Crippen LogP contribution in [-0.2, 0) is 9.47 Å². The van der Waals surface area contributed by atoms with Gasteiger partial charge < -0.3 is 9.47 Å². The molecule has 5 aliphatic rings. The predicted octanol–water partition coefficient (Wildman–Crippen LogP) is 5.00. The number of hydrogen-bond donors (Lipinski definition) is 0. The minimum Gasteiger partial charge on any atom is -0.347 e. The Morgan fingerprint density at radius 3 is 2.48 bits per heavy atom. The van der Waals surface area contributed by atoms with Crippen LogP contribution in [0.5, 0.6) is 0 Å². The lowest BCUT2D eigenvalue weighted by Crippen LogP contribution is -2.61. The Labute approximate surface area is 174 Å². The van der Waals surface area contributed by atoms with Crippen molar-refractivity contribution in [2.24, 2.45) is 34.0 Å². The van der Waals surface area contributed by atoms with Crippen molar-refractivity contribution in [1.82, 2.24) is 15.0 Å². The Morgan fingerprint density at radius 2 is 1.72 bits per heavy atom. The van der Waals surface area contributed by atoms with Gasteiger partial charge in [0.15, 0.2) is 5.79 Å². The van der Waals surface area contributed by atoms with Crippen molar-refractivity contribution < 1.29 is 9.47 Å². The minimum atomic E-state index is -0.296. The molecule has 5 nitrogen and oxygen atoms in total. The fourth-order valence-electron chi connectivity index (χ4n) is 9.16. The molecule has 0 radical (unpaired) electrons. The second kappa shape index (κ2) is 6.06. The monoisotopic (exact) mass is 399 g/mol. The van der Waals surface area contributed by atoms with Gasteiger partial charge in [0.25, 0.3) is 0 Å². The Bertz CT molecular complexity index is 775. The first kappa shape index (κ1) is 18.8. The van der Waals surface area contributed by atoms with Crippen LogP contribution < -0.4 is 0 Å². The van der Waals surface area contributed by atoms with Gasteiger partial charge in [0.05, 0.1) is 25.5 Å². The van der Waals surface area contributed by atoms with Crippen molar-refractivity contribution in [3.63, 3.8) is 0 Å². The summed E-state index contributed by atoms with van der Waals surface area (Å²) in [6.07, 6.45) is 15.5. The Hall–Kier alpha value is -0.940. The minimum absolute atomic E-state index is 0.165. The third kappa shape index (κ3) is 2.24. The van der Waals surface area contributed by atoms with E-state index in [1.54, 1.807) is 0 Å². The van der Waals surface area contributed by atoms with Gasteiger partial charge in [-0.05, 0) is 80.0 Å². The summed E-state index contributed by atoms with van der Waals surface area (Å²) in [5.74, 6) is 2.20. The Kier molecular flexibility index (Phi) is 3.93. The van der Waals surface area contributed by atoms with Crippen molar-refractivity contribution >= 4 is 0 Å². The van der Waals surface area contributed by atoms with E-state index in [1.807, 2.05) is 6.20 Å². The van der Waals surface area contributed by atoms with Gasteiger partial charge in [-0.1, -0.05) is 26.0 Å². The normalized spacial score (nSPS) is 50.9. The van der Waals surface area contributed by atoms with Gasteiger partial charge in [-0.3, -0.25) is 0 Å². The number of ether oxygens (including phenoxy) is 2. The van der Waals surface area contributed by atoms with Gasteiger partial charge in [0.2, 0.25) is 0 Å². The van der Waals surface area contributed by atoms with Crippen LogP contribution in [0.25, 0.3) is 0 Å². The molecule has 1 aromatic rings. The van der Waals surface area contributed by atoms with Crippen LogP contribution in [0.3, 0.4) is 0 Å². The molecule has 0 bridgehead atoms. The highest BCUT2D eigenvalue weighted by Gasteiger charge is 2.72. The molecular formula is C24H37N3O2. The summed E-state index contributed by atoms with van der Waals surface area (Å²) in [7, 11) is 0. The average molecular weight is 400 g/mol. The van der Waals surface area contributed by atoms with E-state index >= 15 is 0 Å². The van der Waals surface area contributed by atoms with Crippen LogP contribution in [-0.4, -0.2) is 34.0 Å². The molecule has 4 saturated carbocycles. The largest absolute Gasteiger partial charge is 0.347 e. The summed E-state index contributed by atoms with van der Waals surface area (Å²) in [5.41, 5.74) is 0.993. The number of nitrogens with zero attached hydrogens (tertiary/aromatic N) is 3. The summed E-state index contributed by atoms with van der Waals surface area (Å²) < 4.78 is 14.9. The van der Waals surface area contributed by atoms with E-state index in [0.717, 1.165) is 37.4 Å². The topological polar surface area (TPSA) is 49.2 Å². The van der Waals surface area contributed by atoms with Gasteiger partial charge in [0.1, 0.15) is 0 Å². The molecule has 1 spiro atoms. The van der Waals surface area contributed by atoms with Crippen LogP contribution in [0.1, 0.15) is 84.6 Å². The van der Waals surface area contributed by atoms with E-state index in [1.165, 1.54) is 51.4 Å². The number of fused-ring (bicyclic) bond motifs is 6. The van der Waals surface area contributed by atoms with E-state index in [0.29, 0.717) is 16.9 Å². The van der Waals surface area contributed by atoms with E-state index in [-0.39, 0.29) is 11.2 Å². The smallest absolute Gasteiger partial charge is 0.174 e. The Balaban J connectivity index is 1.29. The molecule has 0 amide bonds. The predicted molar refractivity (Wildman–Crippen MR) is 110 cm³/mol. The average Bonchev–Trinajstić information content (AvgIpc) is 3.45. The van der Waals surface area contributed by atoms with Crippen molar-refractivity contribution in [3.05, 3.63) is 12.4 Å². The lowest BCUT2D eigenvalue weighted by atomic mass is 9.41. The highest BCUT2D eigenvalue weighted by atomic mass is 16.7. The maximum absolute atomic E-state index is 6.37. The summed E-state index contributed by atoms with van der Waals surface area (Å²) >= 11 is 0. The van der Waals surface area contributed by atoms with Gasteiger partial charge in [-0.25, -0.2) is 4.68 Å². The quantitative estimate of drug-likeness (QED) is 0.667. The van der Waals surface area contributed by atoms with E-state index < -0.39 is 0 Å². The standard InChI is InChI=1S/C24H37N3O2/c1-21-8-6-18(27-13-12-25-26-27)16-17(21)4-5-20-19(21)7-9-23(3)22(20,2)10-11-24(23)28-14-15-29-24/h12-13,17-20H,4-11,14-16H2,1-3H3/t17?,18-,19?,20+,21-,22-,23-/m0/s1. The molecule has 1 aromatic heterocycles. The van der Waals surface area contributed by atoms with Crippen LogP contribution in [0.15, 0.2) is 12.4 Å². The maximum atomic E-state index is 6.37. The zero-order chi connectivity index (χ0) is 19.9. The van der Waals surface area contributed by atoms with Crippen LogP contribution in [0.2, 0.25) is 0 Å². The highest BCUT2D eigenvalue weighted by Crippen LogP contribution is 2.74.